The summed E-state index contributed by atoms with van der Waals surface area (Å²) in [5.74, 6) is 0. The fourth-order valence-electron chi connectivity index (χ4n) is 2.84. The molecule has 0 aliphatic rings. The Hall–Kier alpha value is -1.91. The maximum absolute atomic E-state index is 2.31. The highest BCUT2D eigenvalue weighted by Crippen LogP contribution is 2.38. The van der Waals surface area contributed by atoms with Crippen molar-refractivity contribution in [1.29, 1.82) is 0 Å². The lowest BCUT2D eigenvalue weighted by atomic mass is 9.87. The van der Waals surface area contributed by atoms with Crippen molar-refractivity contribution < 1.29 is 0 Å². The van der Waals surface area contributed by atoms with E-state index in [1.54, 1.807) is 0 Å². The Balaban J connectivity index is 1.90. The van der Waals surface area contributed by atoms with Gasteiger partial charge in [-0.3, -0.25) is 0 Å². The molecule has 24 heavy (non-hydrogen) atoms. The van der Waals surface area contributed by atoms with Crippen molar-refractivity contribution in [1.82, 2.24) is 0 Å². The Kier molecular flexibility index (Phi) is 5.17. The number of hydrogen-bond donors (Lipinski definition) is 0. The molecule has 0 spiro atoms. The third kappa shape index (κ3) is 4.13. The Labute approximate surface area is 147 Å². The Morgan fingerprint density at radius 3 is 1.50 bits per heavy atom. The minimum Gasteiger partial charge on any atom is -0.0622 e. The predicted molar refractivity (Wildman–Crippen MR) is 108 cm³/mol. The second-order valence-corrected chi connectivity index (χ2v) is 9.41. The number of rotatable bonds is 4. The first-order valence-electron chi connectivity index (χ1n) is 8.51. The lowest BCUT2D eigenvalue weighted by Gasteiger charge is -2.21. The van der Waals surface area contributed by atoms with Crippen LogP contribution in [0.5, 0.6) is 0 Å². The molecule has 0 heterocycles. The SMILES string of the molecule is CC(C)(C)c1ccc(CP(c2ccccc2)c2ccccc2)cc1. The van der Waals surface area contributed by atoms with Crippen molar-refractivity contribution >= 4 is 18.5 Å². The van der Waals surface area contributed by atoms with Gasteiger partial charge in [-0.05, 0) is 35.1 Å². The average molecular weight is 332 g/mol. The molecule has 0 aromatic heterocycles. The van der Waals surface area contributed by atoms with Crippen LogP contribution in [-0.2, 0) is 11.6 Å². The summed E-state index contributed by atoms with van der Waals surface area (Å²) in [4.78, 5) is 0. The van der Waals surface area contributed by atoms with Gasteiger partial charge in [0.15, 0.2) is 0 Å². The van der Waals surface area contributed by atoms with Crippen LogP contribution in [0.25, 0.3) is 0 Å². The third-order valence-electron chi connectivity index (χ3n) is 4.30. The molecule has 0 aliphatic carbocycles. The normalized spacial score (nSPS) is 11.7. The first-order chi connectivity index (χ1) is 11.5. The van der Waals surface area contributed by atoms with Crippen molar-refractivity contribution in [3.63, 3.8) is 0 Å². The van der Waals surface area contributed by atoms with Gasteiger partial charge < -0.3 is 0 Å². The lowest BCUT2D eigenvalue weighted by molar-refractivity contribution is 0.590. The summed E-state index contributed by atoms with van der Waals surface area (Å²) in [6, 6.07) is 31.1. The van der Waals surface area contributed by atoms with Crippen LogP contribution in [0.3, 0.4) is 0 Å². The van der Waals surface area contributed by atoms with Crippen LogP contribution in [0.4, 0.5) is 0 Å². The van der Waals surface area contributed by atoms with Crippen molar-refractivity contribution in [3.8, 4) is 0 Å². The van der Waals surface area contributed by atoms with Crippen LogP contribution in [-0.4, -0.2) is 0 Å². The second-order valence-electron chi connectivity index (χ2n) is 7.20. The van der Waals surface area contributed by atoms with Gasteiger partial charge in [0, 0.05) is 6.16 Å². The first kappa shape index (κ1) is 16.9. The zero-order chi connectivity index (χ0) is 17.0. The van der Waals surface area contributed by atoms with Crippen LogP contribution in [0.2, 0.25) is 0 Å². The van der Waals surface area contributed by atoms with E-state index >= 15 is 0 Å². The van der Waals surface area contributed by atoms with E-state index in [1.165, 1.54) is 21.7 Å². The van der Waals surface area contributed by atoms with Crippen LogP contribution in [0, 0.1) is 0 Å². The van der Waals surface area contributed by atoms with E-state index in [4.69, 9.17) is 0 Å². The van der Waals surface area contributed by atoms with Gasteiger partial charge in [-0.25, -0.2) is 0 Å². The predicted octanol–water partition coefficient (Wildman–Crippen LogP) is 5.62. The molecule has 0 amide bonds. The van der Waals surface area contributed by atoms with E-state index in [2.05, 4.69) is 106 Å². The number of benzene rings is 3. The van der Waals surface area contributed by atoms with Crippen LogP contribution >= 0.6 is 7.92 Å². The molecule has 1 heteroatoms. The molecular formula is C23H25P. The molecule has 122 valence electrons. The number of hydrogen-bond acceptors (Lipinski definition) is 0. The molecule has 0 saturated heterocycles. The molecule has 0 nitrogen and oxygen atoms in total. The largest absolute Gasteiger partial charge is 0.0622 e. The molecule has 0 atom stereocenters. The van der Waals surface area contributed by atoms with E-state index in [0.717, 1.165) is 6.16 Å². The molecular weight excluding hydrogens is 307 g/mol. The summed E-state index contributed by atoms with van der Waals surface area (Å²) >= 11 is 0. The van der Waals surface area contributed by atoms with E-state index in [1.807, 2.05) is 0 Å². The van der Waals surface area contributed by atoms with E-state index in [0.29, 0.717) is 0 Å². The third-order valence-corrected chi connectivity index (χ3v) is 6.82. The Bertz CT molecular complexity index is 713. The van der Waals surface area contributed by atoms with E-state index < -0.39 is 0 Å². The van der Waals surface area contributed by atoms with Crippen LogP contribution < -0.4 is 10.6 Å². The molecule has 3 aromatic rings. The molecule has 0 unspecified atom stereocenters. The highest BCUT2D eigenvalue weighted by atomic mass is 31.1. The summed E-state index contributed by atoms with van der Waals surface area (Å²) in [6.45, 7) is 6.80. The second kappa shape index (κ2) is 7.32. The maximum atomic E-state index is 2.31. The van der Waals surface area contributed by atoms with Gasteiger partial charge in [-0.1, -0.05) is 106 Å². The summed E-state index contributed by atoms with van der Waals surface area (Å²) < 4.78 is 0. The summed E-state index contributed by atoms with van der Waals surface area (Å²) in [6.07, 6.45) is 1.09. The van der Waals surface area contributed by atoms with Gasteiger partial charge >= 0.3 is 0 Å². The molecule has 0 fully saturated rings. The first-order valence-corrected chi connectivity index (χ1v) is 10.0. The smallest absolute Gasteiger partial charge is 0.000743 e. The standard InChI is InChI=1S/C23H25P/c1-23(2,3)20-16-14-19(15-17-20)18-24(21-10-6-4-7-11-21)22-12-8-5-9-13-22/h4-17H,18H2,1-3H3. The monoisotopic (exact) mass is 332 g/mol. The highest BCUT2D eigenvalue weighted by Gasteiger charge is 2.16. The van der Waals surface area contributed by atoms with Crippen molar-refractivity contribution in [3.05, 3.63) is 96.1 Å². The minimum atomic E-state index is -0.365. The molecule has 0 N–H and O–H groups in total. The van der Waals surface area contributed by atoms with Gasteiger partial charge in [0.2, 0.25) is 0 Å². The van der Waals surface area contributed by atoms with Crippen molar-refractivity contribution in [2.75, 3.05) is 0 Å². The summed E-state index contributed by atoms with van der Waals surface area (Å²) in [5, 5.41) is 2.89. The highest BCUT2D eigenvalue weighted by molar-refractivity contribution is 7.72. The van der Waals surface area contributed by atoms with Crippen LogP contribution in [0.1, 0.15) is 31.9 Å². The van der Waals surface area contributed by atoms with Crippen molar-refractivity contribution in [2.24, 2.45) is 0 Å². The Morgan fingerprint density at radius 1 is 0.625 bits per heavy atom. The summed E-state index contributed by atoms with van der Waals surface area (Å²) in [5.41, 5.74) is 3.03. The zero-order valence-corrected chi connectivity index (χ0v) is 15.6. The molecule has 0 saturated carbocycles. The van der Waals surface area contributed by atoms with Crippen molar-refractivity contribution in [2.45, 2.75) is 32.3 Å². The summed E-state index contributed by atoms with van der Waals surface area (Å²) in [7, 11) is -0.365. The molecule has 0 bridgehead atoms. The van der Waals surface area contributed by atoms with Crippen LogP contribution in [0.15, 0.2) is 84.9 Å². The van der Waals surface area contributed by atoms with E-state index in [-0.39, 0.29) is 13.3 Å². The van der Waals surface area contributed by atoms with Gasteiger partial charge in [0.05, 0.1) is 0 Å². The quantitative estimate of drug-likeness (QED) is 0.544. The maximum Gasteiger partial charge on any atom is 0.000743 e. The topological polar surface area (TPSA) is 0 Å². The van der Waals surface area contributed by atoms with Gasteiger partial charge in [0.25, 0.3) is 0 Å². The lowest BCUT2D eigenvalue weighted by Crippen LogP contribution is -2.13. The fraction of sp³-hybridized carbons (Fsp3) is 0.217. The minimum absolute atomic E-state index is 0.210. The molecule has 3 aromatic carbocycles. The van der Waals surface area contributed by atoms with Gasteiger partial charge in [0.1, 0.15) is 0 Å². The molecule has 0 aliphatic heterocycles. The van der Waals surface area contributed by atoms with Gasteiger partial charge in [-0.15, -0.1) is 0 Å². The average Bonchev–Trinajstić information content (AvgIpc) is 2.61. The Morgan fingerprint density at radius 2 is 1.08 bits per heavy atom. The zero-order valence-electron chi connectivity index (χ0n) is 14.7. The molecule has 3 rings (SSSR count). The fourth-order valence-corrected chi connectivity index (χ4v) is 5.14. The van der Waals surface area contributed by atoms with Gasteiger partial charge in [-0.2, -0.15) is 0 Å². The molecule has 0 radical (unpaired) electrons. The van der Waals surface area contributed by atoms with E-state index in [9.17, 15) is 0 Å².